The first-order valence-corrected chi connectivity index (χ1v) is 9.24. The lowest BCUT2D eigenvalue weighted by Gasteiger charge is -2.31. The fraction of sp³-hybridized carbons (Fsp3) is 0.632. The number of hydrogen-bond acceptors (Lipinski definition) is 4. The number of carbonyl (C=O) groups excluding carboxylic acids is 2. The molecule has 1 aromatic rings. The van der Waals surface area contributed by atoms with Crippen molar-refractivity contribution in [3.63, 3.8) is 0 Å². The van der Waals surface area contributed by atoms with Crippen LogP contribution in [0.25, 0.3) is 0 Å². The van der Waals surface area contributed by atoms with E-state index in [1.54, 1.807) is 6.20 Å². The van der Waals surface area contributed by atoms with Crippen molar-refractivity contribution in [3.05, 3.63) is 29.6 Å². The Hall–Kier alpha value is -1.95. The largest absolute Gasteiger partial charge is 0.369 e. The van der Waals surface area contributed by atoms with Crippen LogP contribution in [0.1, 0.15) is 41.6 Å². The highest BCUT2D eigenvalue weighted by Crippen LogP contribution is 2.22. The Morgan fingerprint density at radius 1 is 1.20 bits per heavy atom. The number of likely N-dealkylation sites (tertiary alicyclic amines) is 2. The number of aromatic nitrogens is 1. The Morgan fingerprint density at radius 3 is 2.64 bits per heavy atom. The van der Waals surface area contributed by atoms with Gasteiger partial charge < -0.3 is 15.5 Å². The third-order valence-electron chi connectivity index (χ3n) is 5.47. The molecule has 136 valence electrons. The summed E-state index contributed by atoms with van der Waals surface area (Å²) in [5, 5.41) is 0. The SMILES string of the molecule is CN1CCC[C@@H](Cc2cncc(C(=O)N3CCC(C(N)=O)CC3)c2)C1. The normalized spacial score (nSPS) is 22.8. The maximum Gasteiger partial charge on any atom is 0.255 e. The molecule has 0 spiro atoms. The Labute approximate surface area is 149 Å². The minimum atomic E-state index is -0.256. The number of hydrogen-bond donors (Lipinski definition) is 1. The smallest absolute Gasteiger partial charge is 0.255 e. The van der Waals surface area contributed by atoms with Crippen LogP contribution in [0.2, 0.25) is 0 Å². The van der Waals surface area contributed by atoms with Crippen LogP contribution in [0.4, 0.5) is 0 Å². The molecule has 2 amide bonds. The highest BCUT2D eigenvalue weighted by Gasteiger charge is 2.27. The summed E-state index contributed by atoms with van der Waals surface area (Å²) in [4.78, 5) is 32.5. The number of nitrogens with two attached hydrogens (primary N) is 1. The molecule has 2 N–H and O–H groups in total. The van der Waals surface area contributed by atoms with Gasteiger partial charge in [0.1, 0.15) is 0 Å². The number of piperidine rings is 2. The second-order valence-corrected chi connectivity index (χ2v) is 7.53. The van der Waals surface area contributed by atoms with Gasteiger partial charge in [0.2, 0.25) is 5.91 Å². The Bertz CT molecular complexity index is 626. The van der Waals surface area contributed by atoms with Crippen molar-refractivity contribution in [1.82, 2.24) is 14.8 Å². The first-order valence-electron chi connectivity index (χ1n) is 9.24. The molecule has 6 nitrogen and oxygen atoms in total. The number of pyridine rings is 1. The molecule has 1 atom stereocenters. The zero-order valence-corrected chi connectivity index (χ0v) is 15.0. The van der Waals surface area contributed by atoms with E-state index in [2.05, 4.69) is 16.9 Å². The molecule has 3 heterocycles. The highest BCUT2D eigenvalue weighted by atomic mass is 16.2. The highest BCUT2D eigenvalue weighted by molar-refractivity contribution is 5.94. The van der Waals surface area contributed by atoms with Gasteiger partial charge in [-0.25, -0.2) is 0 Å². The van der Waals surface area contributed by atoms with Crippen molar-refractivity contribution in [2.75, 3.05) is 33.2 Å². The summed E-state index contributed by atoms with van der Waals surface area (Å²) in [6.45, 7) is 3.46. The molecule has 1 aromatic heterocycles. The van der Waals surface area contributed by atoms with E-state index in [0.717, 1.165) is 18.5 Å². The lowest BCUT2D eigenvalue weighted by molar-refractivity contribution is -0.123. The van der Waals surface area contributed by atoms with Crippen LogP contribution in [0.3, 0.4) is 0 Å². The molecule has 6 heteroatoms. The standard InChI is InChI=1S/C19H28N4O2/c1-22-6-2-3-14(13-22)9-15-10-17(12-21-11-15)19(25)23-7-4-16(5-8-23)18(20)24/h10-12,14,16H,2-9,13H2,1H3,(H2,20,24)/t14-/m0/s1. The van der Waals surface area contributed by atoms with Crippen molar-refractivity contribution in [2.45, 2.75) is 32.1 Å². The Balaban J connectivity index is 1.61. The monoisotopic (exact) mass is 344 g/mol. The van der Waals surface area contributed by atoms with Gasteiger partial charge >= 0.3 is 0 Å². The predicted molar refractivity (Wildman–Crippen MR) is 96.0 cm³/mol. The van der Waals surface area contributed by atoms with Crippen LogP contribution >= 0.6 is 0 Å². The molecule has 3 rings (SSSR count). The van der Waals surface area contributed by atoms with Gasteiger partial charge in [-0.2, -0.15) is 0 Å². The maximum atomic E-state index is 12.7. The van der Waals surface area contributed by atoms with Gasteiger partial charge in [-0.3, -0.25) is 14.6 Å². The number of rotatable bonds is 4. The topological polar surface area (TPSA) is 79.5 Å². The van der Waals surface area contributed by atoms with E-state index in [4.69, 9.17) is 5.73 Å². The fourth-order valence-corrected chi connectivity index (χ4v) is 4.04. The van der Waals surface area contributed by atoms with Crippen molar-refractivity contribution < 1.29 is 9.59 Å². The molecule has 2 aliphatic heterocycles. The van der Waals surface area contributed by atoms with E-state index in [9.17, 15) is 9.59 Å². The molecular formula is C19H28N4O2. The van der Waals surface area contributed by atoms with Crippen LogP contribution in [0.15, 0.2) is 18.5 Å². The Morgan fingerprint density at radius 2 is 1.96 bits per heavy atom. The van der Waals surface area contributed by atoms with Gasteiger partial charge in [-0.1, -0.05) is 0 Å². The van der Waals surface area contributed by atoms with E-state index >= 15 is 0 Å². The number of primary amides is 1. The third-order valence-corrected chi connectivity index (χ3v) is 5.47. The van der Waals surface area contributed by atoms with Gasteiger partial charge in [-0.15, -0.1) is 0 Å². The van der Waals surface area contributed by atoms with Gasteiger partial charge in [-0.05, 0) is 63.2 Å². The molecule has 0 aliphatic carbocycles. The molecule has 0 saturated carbocycles. The van der Waals surface area contributed by atoms with Crippen molar-refractivity contribution >= 4 is 11.8 Å². The van der Waals surface area contributed by atoms with E-state index in [1.807, 2.05) is 17.2 Å². The average molecular weight is 344 g/mol. The van der Waals surface area contributed by atoms with E-state index in [-0.39, 0.29) is 17.7 Å². The van der Waals surface area contributed by atoms with E-state index < -0.39 is 0 Å². The zero-order valence-electron chi connectivity index (χ0n) is 15.0. The van der Waals surface area contributed by atoms with Gasteiger partial charge in [0.25, 0.3) is 5.91 Å². The van der Waals surface area contributed by atoms with Crippen LogP contribution in [0, 0.1) is 11.8 Å². The van der Waals surface area contributed by atoms with Crippen molar-refractivity contribution in [2.24, 2.45) is 17.6 Å². The first-order chi connectivity index (χ1) is 12.0. The number of amides is 2. The minimum Gasteiger partial charge on any atom is -0.369 e. The summed E-state index contributed by atoms with van der Waals surface area (Å²) >= 11 is 0. The number of nitrogens with zero attached hydrogens (tertiary/aromatic N) is 3. The molecule has 2 fully saturated rings. The zero-order chi connectivity index (χ0) is 17.8. The molecule has 2 saturated heterocycles. The van der Waals surface area contributed by atoms with Crippen LogP contribution < -0.4 is 5.73 Å². The predicted octanol–water partition coefficient (Wildman–Crippen LogP) is 1.30. The Kier molecular flexibility index (Phi) is 5.68. The molecule has 2 aliphatic rings. The van der Waals surface area contributed by atoms with E-state index in [0.29, 0.717) is 37.4 Å². The van der Waals surface area contributed by atoms with Crippen LogP contribution in [0.5, 0.6) is 0 Å². The number of carbonyl (C=O) groups is 2. The summed E-state index contributed by atoms with van der Waals surface area (Å²) in [6, 6.07) is 1.99. The van der Waals surface area contributed by atoms with Gasteiger partial charge in [0, 0.05) is 37.9 Å². The minimum absolute atomic E-state index is 0.0121. The molecule has 0 unspecified atom stereocenters. The van der Waals surface area contributed by atoms with Crippen LogP contribution in [-0.4, -0.2) is 59.8 Å². The molecule has 0 bridgehead atoms. The average Bonchev–Trinajstić information content (AvgIpc) is 2.61. The summed E-state index contributed by atoms with van der Waals surface area (Å²) in [6.07, 6.45) is 8.29. The van der Waals surface area contributed by atoms with Crippen molar-refractivity contribution in [3.8, 4) is 0 Å². The van der Waals surface area contributed by atoms with E-state index in [1.165, 1.54) is 19.4 Å². The second-order valence-electron chi connectivity index (χ2n) is 7.53. The second kappa shape index (κ2) is 7.95. The van der Waals surface area contributed by atoms with Crippen LogP contribution in [-0.2, 0) is 11.2 Å². The van der Waals surface area contributed by atoms with Gasteiger partial charge in [0.15, 0.2) is 0 Å². The molecule has 25 heavy (non-hydrogen) atoms. The first kappa shape index (κ1) is 17.9. The molecule has 0 radical (unpaired) electrons. The quantitative estimate of drug-likeness (QED) is 0.893. The summed E-state index contributed by atoms with van der Waals surface area (Å²) in [5.74, 6) is 0.292. The molecule has 0 aromatic carbocycles. The third kappa shape index (κ3) is 4.57. The summed E-state index contributed by atoms with van der Waals surface area (Å²) < 4.78 is 0. The maximum absolute atomic E-state index is 12.7. The summed E-state index contributed by atoms with van der Waals surface area (Å²) in [5.41, 5.74) is 7.15. The fourth-order valence-electron chi connectivity index (χ4n) is 4.04. The molecular weight excluding hydrogens is 316 g/mol. The van der Waals surface area contributed by atoms with Gasteiger partial charge in [0.05, 0.1) is 5.56 Å². The summed E-state index contributed by atoms with van der Waals surface area (Å²) in [7, 11) is 2.17. The lowest BCUT2D eigenvalue weighted by Crippen LogP contribution is -2.41. The lowest BCUT2D eigenvalue weighted by atomic mass is 9.91. The van der Waals surface area contributed by atoms with Crippen molar-refractivity contribution in [1.29, 1.82) is 0 Å².